The minimum Gasteiger partial charge on any atom is -0.452 e. The van der Waals surface area contributed by atoms with Gasteiger partial charge in [0.1, 0.15) is 25.5 Å². The van der Waals surface area contributed by atoms with Crippen LogP contribution in [0.4, 0.5) is 10.1 Å². The van der Waals surface area contributed by atoms with Crippen molar-refractivity contribution in [3.8, 4) is 0 Å². The average Bonchev–Trinajstić information content (AvgIpc) is 2.69. The molecule has 0 unspecified atom stereocenters. The van der Waals surface area contributed by atoms with Crippen LogP contribution in [0.25, 0.3) is 0 Å². The second-order valence-electron chi connectivity index (χ2n) is 6.34. The lowest BCUT2D eigenvalue weighted by Crippen LogP contribution is -3.12. The molecule has 1 heterocycles. The minimum atomic E-state index is -0.596. The molecule has 0 bridgehead atoms. The van der Waals surface area contributed by atoms with Crippen molar-refractivity contribution in [1.82, 2.24) is 0 Å². The maximum absolute atomic E-state index is 13.5. The highest BCUT2D eigenvalue weighted by atomic mass is 19.1. The first-order valence-corrected chi connectivity index (χ1v) is 8.83. The Hall–Kier alpha value is -2.77. The molecular formula is C20H22FN2O4+. The predicted molar refractivity (Wildman–Crippen MR) is 97.0 cm³/mol. The highest BCUT2D eigenvalue weighted by molar-refractivity contribution is 5.95. The van der Waals surface area contributed by atoms with Crippen LogP contribution in [0.1, 0.15) is 15.9 Å². The Kier molecular flexibility index (Phi) is 6.51. The number of hydrogen-bond acceptors (Lipinski definition) is 4. The Morgan fingerprint density at radius 2 is 1.78 bits per heavy atom. The third-order valence-corrected chi connectivity index (χ3v) is 4.33. The van der Waals surface area contributed by atoms with E-state index < -0.39 is 24.3 Å². The number of hydrogen-bond donors (Lipinski definition) is 2. The Morgan fingerprint density at radius 3 is 2.48 bits per heavy atom. The Bertz CT molecular complexity index is 789. The molecule has 2 aromatic rings. The Morgan fingerprint density at radius 1 is 1.07 bits per heavy atom. The second kappa shape index (κ2) is 9.25. The highest BCUT2D eigenvalue weighted by Gasteiger charge is 2.15. The standard InChI is InChI=1S/C20H21FN2O4/c21-17-3-1-2-4-18(17)22-19(24)14-27-20(25)16-7-5-15(6-8-16)13-23-9-11-26-12-10-23/h1-8H,9-14H2,(H,22,24)/p+1. The van der Waals surface area contributed by atoms with Gasteiger partial charge in [-0.15, -0.1) is 0 Å². The van der Waals surface area contributed by atoms with Crippen LogP contribution < -0.4 is 10.2 Å². The molecule has 0 atom stereocenters. The number of carbonyl (C=O) groups is 2. The first kappa shape index (κ1) is 19.0. The van der Waals surface area contributed by atoms with Crippen molar-refractivity contribution in [1.29, 1.82) is 0 Å². The van der Waals surface area contributed by atoms with Crippen molar-refractivity contribution in [2.45, 2.75) is 6.54 Å². The Balaban J connectivity index is 1.47. The van der Waals surface area contributed by atoms with E-state index in [9.17, 15) is 14.0 Å². The molecule has 1 saturated heterocycles. The number of anilines is 1. The van der Waals surface area contributed by atoms with Crippen LogP contribution in [-0.2, 0) is 20.8 Å². The summed E-state index contributed by atoms with van der Waals surface area (Å²) in [5.74, 6) is -1.74. The third kappa shape index (κ3) is 5.60. The number of carbonyl (C=O) groups excluding carboxylic acids is 2. The van der Waals surface area contributed by atoms with Gasteiger partial charge in [-0.1, -0.05) is 24.3 Å². The summed E-state index contributed by atoms with van der Waals surface area (Å²) >= 11 is 0. The Labute approximate surface area is 156 Å². The summed E-state index contributed by atoms with van der Waals surface area (Å²) < 4.78 is 23.8. The SMILES string of the molecule is O=C(COC(=O)c1ccc(C[NH+]2CCOCC2)cc1)Nc1ccccc1F. The van der Waals surface area contributed by atoms with Crippen molar-refractivity contribution in [3.63, 3.8) is 0 Å². The molecule has 7 heteroatoms. The number of ether oxygens (including phenoxy) is 2. The smallest absolute Gasteiger partial charge is 0.338 e. The van der Waals surface area contributed by atoms with E-state index in [0.29, 0.717) is 5.56 Å². The summed E-state index contributed by atoms with van der Waals surface area (Å²) in [5.41, 5.74) is 1.55. The van der Waals surface area contributed by atoms with Crippen molar-refractivity contribution < 1.29 is 28.4 Å². The van der Waals surface area contributed by atoms with Crippen LogP contribution in [0.5, 0.6) is 0 Å². The third-order valence-electron chi connectivity index (χ3n) is 4.33. The maximum atomic E-state index is 13.5. The molecule has 1 aliphatic heterocycles. The summed E-state index contributed by atoms with van der Waals surface area (Å²) in [6.45, 7) is 3.89. The largest absolute Gasteiger partial charge is 0.452 e. The van der Waals surface area contributed by atoms with Gasteiger partial charge in [0, 0.05) is 5.56 Å². The van der Waals surface area contributed by atoms with Crippen LogP contribution in [-0.4, -0.2) is 44.8 Å². The normalized spacial score (nSPS) is 14.6. The van der Waals surface area contributed by atoms with Gasteiger partial charge in [0.05, 0.1) is 24.5 Å². The minimum absolute atomic E-state index is 0.0496. The van der Waals surface area contributed by atoms with Gasteiger partial charge in [0.25, 0.3) is 5.91 Å². The molecule has 1 fully saturated rings. The lowest BCUT2D eigenvalue weighted by Gasteiger charge is -2.23. The van der Waals surface area contributed by atoms with Crippen molar-refractivity contribution in [3.05, 3.63) is 65.5 Å². The zero-order chi connectivity index (χ0) is 19.1. The number of benzene rings is 2. The van der Waals surface area contributed by atoms with Crippen molar-refractivity contribution in [2.24, 2.45) is 0 Å². The summed E-state index contributed by atoms with van der Waals surface area (Å²) in [6.07, 6.45) is 0. The monoisotopic (exact) mass is 373 g/mol. The van der Waals surface area contributed by atoms with Crippen LogP contribution in [0.15, 0.2) is 48.5 Å². The molecule has 0 spiro atoms. The van der Waals surface area contributed by atoms with Gasteiger partial charge in [-0.2, -0.15) is 0 Å². The van der Waals surface area contributed by atoms with E-state index in [2.05, 4.69) is 5.32 Å². The molecule has 142 valence electrons. The maximum Gasteiger partial charge on any atom is 0.338 e. The first-order chi connectivity index (χ1) is 13.1. The van der Waals surface area contributed by atoms with Gasteiger partial charge in [0.2, 0.25) is 0 Å². The molecule has 1 aliphatic rings. The molecule has 0 aromatic heterocycles. The topological polar surface area (TPSA) is 69.1 Å². The number of quaternary nitrogens is 1. The predicted octanol–water partition coefficient (Wildman–Crippen LogP) is 1.04. The molecule has 0 radical (unpaired) electrons. The number of rotatable bonds is 6. The van der Waals surface area contributed by atoms with Gasteiger partial charge in [-0.05, 0) is 24.3 Å². The molecule has 3 rings (SSSR count). The van der Waals surface area contributed by atoms with Crippen LogP contribution in [0.3, 0.4) is 0 Å². The molecule has 0 aliphatic carbocycles. The molecule has 2 N–H and O–H groups in total. The molecule has 0 saturated carbocycles. The molecular weight excluding hydrogens is 351 g/mol. The summed E-state index contributed by atoms with van der Waals surface area (Å²) in [6, 6.07) is 12.9. The summed E-state index contributed by atoms with van der Waals surface area (Å²) in [7, 11) is 0. The number of esters is 1. The fraction of sp³-hybridized carbons (Fsp3) is 0.300. The van der Waals surface area contributed by atoms with Gasteiger partial charge in [-0.3, -0.25) is 4.79 Å². The zero-order valence-corrected chi connectivity index (χ0v) is 14.9. The summed E-state index contributed by atoms with van der Waals surface area (Å²) in [5, 5.41) is 2.37. The van der Waals surface area contributed by atoms with Crippen LogP contribution in [0, 0.1) is 5.82 Å². The lowest BCUT2D eigenvalue weighted by molar-refractivity contribution is -0.921. The van der Waals surface area contributed by atoms with Gasteiger partial charge < -0.3 is 19.7 Å². The molecule has 6 nitrogen and oxygen atoms in total. The zero-order valence-electron chi connectivity index (χ0n) is 14.9. The fourth-order valence-electron chi connectivity index (χ4n) is 2.85. The van der Waals surface area contributed by atoms with E-state index >= 15 is 0 Å². The number of para-hydroxylation sites is 1. The van der Waals surface area contributed by atoms with E-state index in [1.165, 1.54) is 23.1 Å². The molecule has 2 aromatic carbocycles. The number of nitrogens with one attached hydrogen (secondary N) is 2. The molecule has 27 heavy (non-hydrogen) atoms. The fourth-order valence-corrected chi connectivity index (χ4v) is 2.85. The second-order valence-corrected chi connectivity index (χ2v) is 6.34. The highest BCUT2D eigenvalue weighted by Crippen LogP contribution is 2.12. The number of morpholine rings is 1. The van der Waals surface area contributed by atoms with E-state index in [4.69, 9.17) is 9.47 Å². The van der Waals surface area contributed by atoms with E-state index in [1.54, 1.807) is 18.2 Å². The quantitative estimate of drug-likeness (QED) is 0.743. The van der Waals surface area contributed by atoms with Crippen LogP contribution >= 0.6 is 0 Å². The van der Waals surface area contributed by atoms with E-state index in [0.717, 1.165) is 38.4 Å². The van der Waals surface area contributed by atoms with E-state index in [1.807, 2.05) is 12.1 Å². The van der Waals surface area contributed by atoms with Crippen molar-refractivity contribution >= 4 is 17.6 Å². The van der Waals surface area contributed by atoms with Gasteiger partial charge in [-0.25, -0.2) is 9.18 Å². The first-order valence-electron chi connectivity index (χ1n) is 8.83. The lowest BCUT2D eigenvalue weighted by atomic mass is 10.1. The summed E-state index contributed by atoms with van der Waals surface area (Å²) in [4.78, 5) is 25.3. The van der Waals surface area contributed by atoms with Gasteiger partial charge in [0.15, 0.2) is 6.61 Å². The molecule has 1 amide bonds. The number of halogens is 1. The van der Waals surface area contributed by atoms with Crippen molar-refractivity contribution in [2.75, 3.05) is 38.2 Å². The van der Waals surface area contributed by atoms with E-state index in [-0.39, 0.29) is 5.69 Å². The number of amides is 1. The van der Waals surface area contributed by atoms with Crippen LogP contribution in [0.2, 0.25) is 0 Å². The average molecular weight is 373 g/mol. The van der Waals surface area contributed by atoms with Gasteiger partial charge >= 0.3 is 5.97 Å².